The third kappa shape index (κ3) is 5.56. The number of nitrogens with zero attached hydrogens (tertiary/aromatic N) is 1. The smallest absolute Gasteiger partial charge is 0.374 e. The summed E-state index contributed by atoms with van der Waals surface area (Å²) in [6.07, 6.45) is 3.84. The van der Waals surface area contributed by atoms with E-state index in [4.69, 9.17) is 14.9 Å². The quantitative estimate of drug-likeness (QED) is 0.327. The molecule has 1 aromatic heterocycles. The van der Waals surface area contributed by atoms with Crippen LogP contribution in [-0.2, 0) is 11.3 Å². The Bertz CT molecular complexity index is 484. The Hall–Kier alpha value is -1.25. The van der Waals surface area contributed by atoms with Gasteiger partial charge in [0.2, 0.25) is 5.76 Å². The van der Waals surface area contributed by atoms with Crippen LogP contribution in [0.25, 0.3) is 0 Å². The Labute approximate surface area is 141 Å². The summed E-state index contributed by atoms with van der Waals surface area (Å²) in [5, 5.41) is 3.10. The maximum absolute atomic E-state index is 11.4. The summed E-state index contributed by atoms with van der Waals surface area (Å²) >= 11 is 0. The highest BCUT2D eigenvalue weighted by Gasteiger charge is 2.16. The lowest BCUT2D eigenvalue weighted by Gasteiger charge is -2.25. The zero-order chi connectivity index (χ0) is 14.4. The van der Waals surface area contributed by atoms with Crippen LogP contribution in [0, 0.1) is 5.92 Å². The molecule has 1 aliphatic rings. The number of rotatable bonds is 6. The molecule has 1 saturated carbocycles. The standard InChI is InChI=1S/C14H21N3O3.HI/c1-2-19-13(18)12-7-6-11(20-12)9-17-14(15)16-8-10-4-3-5-10;/h6-7,10H,2-5,8-9H2,1H3,(H3,15,16,17);1H. The van der Waals surface area contributed by atoms with E-state index in [1.54, 1.807) is 19.1 Å². The van der Waals surface area contributed by atoms with Crippen LogP contribution in [0.1, 0.15) is 42.5 Å². The third-order valence-electron chi connectivity index (χ3n) is 3.34. The highest BCUT2D eigenvalue weighted by Crippen LogP contribution is 2.24. The lowest BCUT2D eigenvalue weighted by atomic mass is 9.85. The molecule has 118 valence electrons. The molecule has 0 spiro atoms. The number of carbonyl (C=O) groups excluding carboxylic acids is 1. The summed E-state index contributed by atoms with van der Waals surface area (Å²) in [6.45, 7) is 3.26. The zero-order valence-corrected chi connectivity index (χ0v) is 14.5. The maximum atomic E-state index is 11.4. The predicted molar refractivity (Wildman–Crippen MR) is 90.7 cm³/mol. The lowest BCUT2D eigenvalue weighted by molar-refractivity contribution is 0.0488. The van der Waals surface area contributed by atoms with E-state index in [2.05, 4.69) is 10.3 Å². The first-order valence-corrected chi connectivity index (χ1v) is 6.98. The normalized spacial score (nSPS) is 15.0. The number of nitrogens with one attached hydrogen (secondary N) is 1. The van der Waals surface area contributed by atoms with Crippen molar-refractivity contribution >= 4 is 35.9 Å². The fourth-order valence-electron chi connectivity index (χ4n) is 1.94. The van der Waals surface area contributed by atoms with Crippen molar-refractivity contribution in [3.05, 3.63) is 23.7 Å². The minimum atomic E-state index is -0.459. The van der Waals surface area contributed by atoms with Gasteiger partial charge in [-0.15, -0.1) is 24.0 Å². The van der Waals surface area contributed by atoms with E-state index in [1.807, 2.05) is 0 Å². The van der Waals surface area contributed by atoms with Crippen molar-refractivity contribution in [2.24, 2.45) is 16.6 Å². The number of guanidine groups is 1. The minimum Gasteiger partial charge on any atom is -0.460 e. The van der Waals surface area contributed by atoms with Crippen molar-refractivity contribution in [2.75, 3.05) is 13.2 Å². The molecule has 1 aliphatic carbocycles. The number of halogens is 1. The van der Waals surface area contributed by atoms with Crippen molar-refractivity contribution in [3.8, 4) is 0 Å². The molecule has 1 heterocycles. The number of carbonyl (C=O) groups is 1. The SMILES string of the molecule is CCOC(=O)c1ccc(CN=C(N)NCC2CCC2)o1.I. The number of aliphatic imine (C=N–C) groups is 1. The molecule has 0 radical (unpaired) electrons. The van der Waals surface area contributed by atoms with Crippen molar-refractivity contribution in [3.63, 3.8) is 0 Å². The van der Waals surface area contributed by atoms with Crippen LogP contribution in [0.15, 0.2) is 21.5 Å². The molecule has 0 saturated heterocycles. The first-order chi connectivity index (χ1) is 9.69. The average Bonchev–Trinajstić information content (AvgIpc) is 2.83. The van der Waals surface area contributed by atoms with Gasteiger partial charge < -0.3 is 20.2 Å². The van der Waals surface area contributed by atoms with E-state index in [-0.39, 0.29) is 29.7 Å². The van der Waals surface area contributed by atoms with Crippen LogP contribution < -0.4 is 11.1 Å². The zero-order valence-electron chi connectivity index (χ0n) is 12.1. The van der Waals surface area contributed by atoms with E-state index < -0.39 is 5.97 Å². The molecule has 3 N–H and O–H groups in total. The minimum absolute atomic E-state index is 0. The molecule has 0 atom stereocenters. The predicted octanol–water partition coefficient (Wildman–Crippen LogP) is 2.28. The second-order valence-electron chi connectivity index (χ2n) is 4.87. The molecule has 0 aromatic carbocycles. The molecular formula is C14H22IN3O3. The molecule has 0 amide bonds. The Balaban J connectivity index is 0.00000220. The van der Waals surface area contributed by atoms with Crippen LogP contribution >= 0.6 is 24.0 Å². The van der Waals surface area contributed by atoms with Gasteiger partial charge >= 0.3 is 5.97 Å². The van der Waals surface area contributed by atoms with E-state index in [1.165, 1.54) is 19.3 Å². The molecule has 0 bridgehead atoms. The van der Waals surface area contributed by atoms with Crippen LogP contribution in [0.5, 0.6) is 0 Å². The molecule has 21 heavy (non-hydrogen) atoms. The van der Waals surface area contributed by atoms with Crippen molar-refractivity contribution in [1.29, 1.82) is 0 Å². The Kier molecular flexibility index (Phi) is 7.55. The van der Waals surface area contributed by atoms with Crippen LogP contribution in [-0.4, -0.2) is 25.1 Å². The van der Waals surface area contributed by atoms with Gasteiger partial charge in [0.1, 0.15) is 12.3 Å². The first kappa shape index (κ1) is 17.8. The fourth-order valence-corrected chi connectivity index (χ4v) is 1.94. The monoisotopic (exact) mass is 407 g/mol. The summed E-state index contributed by atoms with van der Waals surface area (Å²) < 4.78 is 10.2. The molecule has 0 unspecified atom stereocenters. The van der Waals surface area contributed by atoms with Gasteiger partial charge in [-0.25, -0.2) is 9.79 Å². The van der Waals surface area contributed by atoms with Gasteiger partial charge in [-0.05, 0) is 37.8 Å². The summed E-state index contributed by atoms with van der Waals surface area (Å²) in [7, 11) is 0. The van der Waals surface area contributed by atoms with Gasteiger partial charge in [0.15, 0.2) is 5.96 Å². The first-order valence-electron chi connectivity index (χ1n) is 6.98. The van der Waals surface area contributed by atoms with E-state index in [9.17, 15) is 4.79 Å². The number of hydrogen-bond donors (Lipinski definition) is 2. The summed E-state index contributed by atoms with van der Waals surface area (Å²) in [5.41, 5.74) is 5.77. The molecule has 2 rings (SSSR count). The number of esters is 1. The highest BCUT2D eigenvalue weighted by atomic mass is 127. The number of hydrogen-bond acceptors (Lipinski definition) is 4. The Morgan fingerprint density at radius 1 is 1.52 bits per heavy atom. The van der Waals surface area contributed by atoms with Gasteiger partial charge in [-0.3, -0.25) is 0 Å². The second-order valence-corrected chi connectivity index (χ2v) is 4.87. The van der Waals surface area contributed by atoms with Gasteiger partial charge in [-0.1, -0.05) is 6.42 Å². The van der Waals surface area contributed by atoms with Crippen LogP contribution in [0.4, 0.5) is 0 Å². The maximum Gasteiger partial charge on any atom is 0.374 e. The highest BCUT2D eigenvalue weighted by molar-refractivity contribution is 14.0. The van der Waals surface area contributed by atoms with Crippen LogP contribution in [0.2, 0.25) is 0 Å². The molecule has 6 nitrogen and oxygen atoms in total. The Morgan fingerprint density at radius 2 is 2.29 bits per heavy atom. The van der Waals surface area contributed by atoms with E-state index in [0.717, 1.165) is 12.5 Å². The van der Waals surface area contributed by atoms with Gasteiger partial charge in [0, 0.05) is 6.54 Å². The second kappa shape index (κ2) is 8.91. The molecular weight excluding hydrogens is 385 g/mol. The number of furan rings is 1. The van der Waals surface area contributed by atoms with E-state index >= 15 is 0 Å². The van der Waals surface area contributed by atoms with Crippen molar-refractivity contribution in [2.45, 2.75) is 32.7 Å². The van der Waals surface area contributed by atoms with Gasteiger partial charge in [-0.2, -0.15) is 0 Å². The molecule has 1 fully saturated rings. The van der Waals surface area contributed by atoms with Gasteiger partial charge in [0.25, 0.3) is 0 Å². The van der Waals surface area contributed by atoms with Crippen molar-refractivity contribution in [1.82, 2.24) is 5.32 Å². The van der Waals surface area contributed by atoms with Crippen LogP contribution in [0.3, 0.4) is 0 Å². The van der Waals surface area contributed by atoms with Gasteiger partial charge in [0.05, 0.1) is 6.61 Å². The van der Waals surface area contributed by atoms with Crippen molar-refractivity contribution < 1.29 is 13.9 Å². The fraction of sp³-hybridized carbons (Fsp3) is 0.571. The topological polar surface area (TPSA) is 89.8 Å². The van der Waals surface area contributed by atoms with E-state index in [0.29, 0.717) is 24.9 Å². The third-order valence-corrected chi connectivity index (χ3v) is 3.34. The molecule has 7 heteroatoms. The lowest BCUT2D eigenvalue weighted by Crippen LogP contribution is -2.37. The average molecular weight is 407 g/mol. The summed E-state index contributed by atoms with van der Waals surface area (Å²) in [4.78, 5) is 15.6. The Morgan fingerprint density at radius 3 is 2.90 bits per heavy atom. The number of ether oxygens (including phenoxy) is 1. The molecule has 1 aromatic rings. The largest absolute Gasteiger partial charge is 0.460 e. The molecule has 0 aliphatic heterocycles. The summed E-state index contributed by atoms with van der Waals surface area (Å²) in [6, 6.07) is 3.29. The number of nitrogens with two attached hydrogens (primary N) is 1. The summed E-state index contributed by atoms with van der Waals surface area (Å²) in [5.74, 6) is 1.45.